The fourth-order valence-corrected chi connectivity index (χ4v) is 4.85. The van der Waals surface area contributed by atoms with E-state index < -0.39 is 0 Å². The highest BCUT2D eigenvalue weighted by Gasteiger charge is 2.37. The number of hydrogen-bond donors (Lipinski definition) is 0. The van der Waals surface area contributed by atoms with Crippen LogP contribution < -0.4 is 0 Å². The summed E-state index contributed by atoms with van der Waals surface area (Å²) < 4.78 is 0. The van der Waals surface area contributed by atoms with Crippen molar-refractivity contribution in [1.82, 2.24) is 4.90 Å². The summed E-state index contributed by atoms with van der Waals surface area (Å²) in [5, 5.41) is 0. The van der Waals surface area contributed by atoms with Gasteiger partial charge in [-0.25, -0.2) is 0 Å². The number of thiophene rings is 1. The molecule has 0 atom stereocenters. The lowest BCUT2D eigenvalue weighted by atomic mass is 9.89. The standard InChI is InChI=1S/C15H21NOS/c1-9(2)16-6-5-10-11-7-15(3,4)8-12(11)18-13(10)14(16)17/h9H,5-8H2,1-4H3. The molecule has 2 heterocycles. The molecule has 2 aliphatic rings. The van der Waals surface area contributed by atoms with Crippen molar-refractivity contribution < 1.29 is 4.79 Å². The first-order valence-corrected chi connectivity index (χ1v) is 7.65. The number of rotatable bonds is 1. The molecule has 0 saturated heterocycles. The van der Waals surface area contributed by atoms with Crippen molar-refractivity contribution in [2.24, 2.45) is 5.41 Å². The van der Waals surface area contributed by atoms with Crippen LogP contribution in [0.25, 0.3) is 0 Å². The third-order valence-corrected chi connectivity index (χ3v) is 5.44. The minimum atomic E-state index is 0.267. The van der Waals surface area contributed by atoms with Gasteiger partial charge in [0.15, 0.2) is 0 Å². The summed E-state index contributed by atoms with van der Waals surface area (Å²) in [6.07, 6.45) is 3.36. The number of nitrogens with zero attached hydrogens (tertiary/aromatic N) is 1. The molecule has 18 heavy (non-hydrogen) atoms. The molecule has 0 saturated carbocycles. The van der Waals surface area contributed by atoms with Gasteiger partial charge in [0.25, 0.3) is 5.91 Å². The van der Waals surface area contributed by atoms with Gasteiger partial charge in [0, 0.05) is 17.5 Å². The summed E-state index contributed by atoms with van der Waals surface area (Å²) in [6.45, 7) is 9.77. The molecule has 0 spiro atoms. The van der Waals surface area contributed by atoms with Crippen molar-refractivity contribution in [1.29, 1.82) is 0 Å². The van der Waals surface area contributed by atoms with Crippen LogP contribution in [0.4, 0.5) is 0 Å². The Morgan fingerprint density at radius 3 is 2.61 bits per heavy atom. The van der Waals surface area contributed by atoms with Gasteiger partial charge in [-0.15, -0.1) is 11.3 Å². The fraction of sp³-hybridized carbons (Fsp3) is 0.667. The Morgan fingerprint density at radius 2 is 1.94 bits per heavy atom. The van der Waals surface area contributed by atoms with Crippen molar-refractivity contribution in [2.45, 2.75) is 53.0 Å². The van der Waals surface area contributed by atoms with E-state index >= 15 is 0 Å². The first-order chi connectivity index (χ1) is 8.39. The average Bonchev–Trinajstić information content (AvgIpc) is 2.71. The largest absolute Gasteiger partial charge is 0.335 e. The SMILES string of the molecule is CC(C)N1CCc2c(sc3c2CC(C)(C)C3)C1=O. The lowest BCUT2D eigenvalue weighted by Crippen LogP contribution is -2.41. The molecule has 0 aromatic carbocycles. The number of amides is 1. The van der Waals surface area contributed by atoms with Gasteiger partial charge in [0.2, 0.25) is 0 Å². The van der Waals surface area contributed by atoms with Gasteiger partial charge in [-0.3, -0.25) is 4.79 Å². The van der Waals surface area contributed by atoms with E-state index in [1.807, 2.05) is 4.90 Å². The molecule has 3 rings (SSSR count). The maximum absolute atomic E-state index is 12.5. The Morgan fingerprint density at radius 1 is 1.22 bits per heavy atom. The van der Waals surface area contributed by atoms with Gasteiger partial charge in [0.1, 0.15) is 0 Å². The van der Waals surface area contributed by atoms with E-state index in [0.717, 1.165) is 30.7 Å². The second-order valence-corrected chi connectivity index (χ2v) is 7.78. The molecular formula is C15H21NOS. The van der Waals surface area contributed by atoms with Crippen LogP contribution in [0, 0.1) is 5.41 Å². The van der Waals surface area contributed by atoms with Crippen molar-refractivity contribution in [2.75, 3.05) is 6.54 Å². The molecule has 0 N–H and O–H groups in total. The monoisotopic (exact) mass is 263 g/mol. The third-order valence-electron chi connectivity index (χ3n) is 4.18. The number of carbonyl (C=O) groups is 1. The van der Waals surface area contributed by atoms with Gasteiger partial charge in [-0.1, -0.05) is 13.8 Å². The molecule has 1 aromatic rings. The van der Waals surface area contributed by atoms with Gasteiger partial charge in [0.05, 0.1) is 4.88 Å². The molecule has 98 valence electrons. The fourth-order valence-electron chi connectivity index (χ4n) is 3.27. The Kier molecular flexibility index (Phi) is 2.60. The molecule has 3 heteroatoms. The van der Waals surface area contributed by atoms with Crippen LogP contribution in [0.1, 0.15) is 53.4 Å². The van der Waals surface area contributed by atoms with E-state index in [1.165, 1.54) is 16.0 Å². The zero-order valence-electron chi connectivity index (χ0n) is 11.7. The first-order valence-electron chi connectivity index (χ1n) is 6.83. The van der Waals surface area contributed by atoms with Crippen LogP contribution in [0.5, 0.6) is 0 Å². The van der Waals surface area contributed by atoms with Crippen LogP contribution in [-0.4, -0.2) is 23.4 Å². The molecule has 1 aliphatic heterocycles. The molecule has 0 bridgehead atoms. The van der Waals surface area contributed by atoms with E-state index in [1.54, 1.807) is 11.3 Å². The van der Waals surface area contributed by atoms with Crippen LogP contribution in [-0.2, 0) is 19.3 Å². The maximum atomic E-state index is 12.5. The predicted octanol–water partition coefficient (Wildman–Crippen LogP) is 3.28. The summed E-state index contributed by atoms with van der Waals surface area (Å²) in [6, 6.07) is 0.319. The first kappa shape index (κ1) is 12.2. The van der Waals surface area contributed by atoms with Crippen LogP contribution in [0.15, 0.2) is 0 Å². The molecular weight excluding hydrogens is 242 g/mol. The van der Waals surface area contributed by atoms with Crippen molar-refractivity contribution in [3.8, 4) is 0 Å². The zero-order valence-corrected chi connectivity index (χ0v) is 12.5. The van der Waals surface area contributed by atoms with Crippen LogP contribution in [0.2, 0.25) is 0 Å². The molecule has 1 aromatic heterocycles. The van der Waals surface area contributed by atoms with E-state index in [-0.39, 0.29) is 5.91 Å². The van der Waals surface area contributed by atoms with E-state index in [4.69, 9.17) is 0 Å². The highest BCUT2D eigenvalue weighted by Crippen LogP contribution is 2.45. The minimum Gasteiger partial charge on any atom is -0.335 e. The number of carbonyl (C=O) groups excluding carboxylic acids is 1. The molecule has 0 unspecified atom stereocenters. The molecule has 0 radical (unpaired) electrons. The van der Waals surface area contributed by atoms with Crippen molar-refractivity contribution in [3.05, 3.63) is 20.9 Å². The van der Waals surface area contributed by atoms with E-state index in [0.29, 0.717) is 11.5 Å². The summed E-state index contributed by atoms with van der Waals surface area (Å²) in [5.41, 5.74) is 3.29. The van der Waals surface area contributed by atoms with Crippen LogP contribution >= 0.6 is 11.3 Å². The van der Waals surface area contributed by atoms with Gasteiger partial charge >= 0.3 is 0 Å². The van der Waals surface area contributed by atoms with Crippen LogP contribution in [0.3, 0.4) is 0 Å². The Hall–Kier alpha value is -0.830. The average molecular weight is 263 g/mol. The lowest BCUT2D eigenvalue weighted by molar-refractivity contribution is 0.0694. The maximum Gasteiger partial charge on any atom is 0.264 e. The Labute approximate surface area is 113 Å². The normalized spacial score (nSPS) is 21.4. The number of fused-ring (bicyclic) bond motifs is 3. The second-order valence-electron chi connectivity index (χ2n) is 6.67. The van der Waals surface area contributed by atoms with E-state index in [2.05, 4.69) is 27.7 Å². The Bertz CT molecular complexity index is 513. The van der Waals surface area contributed by atoms with E-state index in [9.17, 15) is 4.79 Å². The molecule has 0 fully saturated rings. The van der Waals surface area contributed by atoms with Crippen molar-refractivity contribution in [3.63, 3.8) is 0 Å². The number of hydrogen-bond acceptors (Lipinski definition) is 2. The van der Waals surface area contributed by atoms with Gasteiger partial charge in [-0.2, -0.15) is 0 Å². The highest BCUT2D eigenvalue weighted by atomic mass is 32.1. The highest BCUT2D eigenvalue weighted by molar-refractivity contribution is 7.14. The summed E-state index contributed by atoms with van der Waals surface area (Å²) in [5.74, 6) is 0.267. The second kappa shape index (κ2) is 3.83. The summed E-state index contributed by atoms with van der Waals surface area (Å²) >= 11 is 1.76. The molecule has 1 amide bonds. The smallest absolute Gasteiger partial charge is 0.264 e. The summed E-state index contributed by atoms with van der Waals surface area (Å²) in [4.78, 5) is 17.0. The van der Waals surface area contributed by atoms with Crippen molar-refractivity contribution >= 4 is 17.2 Å². The third kappa shape index (κ3) is 1.71. The quantitative estimate of drug-likeness (QED) is 0.761. The summed E-state index contributed by atoms with van der Waals surface area (Å²) in [7, 11) is 0. The minimum absolute atomic E-state index is 0.267. The molecule has 2 nitrogen and oxygen atoms in total. The van der Waals surface area contributed by atoms with Gasteiger partial charge < -0.3 is 4.90 Å². The lowest BCUT2D eigenvalue weighted by Gasteiger charge is -2.31. The zero-order chi connectivity index (χ0) is 13.1. The topological polar surface area (TPSA) is 20.3 Å². The molecule has 1 aliphatic carbocycles. The van der Waals surface area contributed by atoms with Gasteiger partial charge in [-0.05, 0) is 49.7 Å². The Balaban J connectivity index is 1.99. The predicted molar refractivity (Wildman–Crippen MR) is 75.4 cm³/mol.